The third-order valence-electron chi connectivity index (χ3n) is 6.20. The van der Waals surface area contributed by atoms with Gasteiger partial charge < -0.3 is 25.7 Å². The largest absolute Gasteiger partial charge is 0.444 e. The van der Waals surface area contributed by atoms with Crippen LogP contribution in [0.3, 0.4) is 0 Å². The Morgan fingerprint density at radius 3 is 2.33 bits per heavy atom. The van der Waals surface area contributed by atoms with Gasteiger partial charge >= 0.3 is 6.09 Å². The molecule has 1 saturated carbocycles. The van der Waals surface area contributed by atoms with E-state index in [1.54, 1.807) is 34.0 Å². The van der Waals surface area contributed by atoms with E-state index in [9.17, 15) is 19.2 Å². The number of carbonyl (C=O) groups excluding carboxylic acids is 3. The zero-order valence-electron chi connectivity index (χ0n) is 21.3. The van der Waals surface area contributed by atoms with Gasteiger partial charge in [0, 0.05) is 25.2 Å². The van der Waals surface area contributed by atoms with Crippen LogP contribution < -0.4 is 21.9 Å². The summed E-state index contributed by atoms with van der Waals surface area (Å²) >= 11 is 0. The van der Waals surface area contributed by atoms with Gasteiger partial charge in [-0.1, -0.05) is 43.5 Å². The lowest BCUT2D eigenvalue weighted by Gasteiger charge is -2.37. The van der Waals surface area contributed by atoms with E-state index < -0.39 is 35.1 Å². The van der Waals surface area contributed by atoms with Crippen LogP contribution in [-0.4, -0.2) is 44.6 Å². The molecule has 3 amide bonds. The van der Waals surface area contributed by atoms with Crippen molar-refractivity contribution in [1.82, 2.24) is 20.2 Å². The maximum absolute atomic E-state index is 13.4. The maximum atomic E-state index is 13.4. The van der Waals surface area contributed by atoms with Crippen LogP contribution in [0, 0.1) is 0 Å². The van der Waals surface area contributed by atoms with Crippen LogP contribution in [0.1, 0.15) is 58.4 Å². The molecule has 1 aliphatic carbocycles. The zero-order chi connectivity index (χ0) is 26.5. The maximum Gasteiger partial charge on any atom is 0.408 e. The molecule has 0 radical (unpaired) electrons. The minimum atomic E-state index is -1.16. The van der Waals surface area contributed by atoms with Gasteiger partial charge in [-0.2, -0.15) is 0 Å². The molecule has 4 N–H and O–H groups in total. The number of hydrogen-bond acceptors (Lipinski definition) is 6. The average molecular weight is 498 g/mol. The average Bonchev–Trinajstić information content (AvgIpc) is 2.80. The smallest absolute Gasteiger partial charge is 0.408 e. The van der Waals surface area contributed by atoms with E-state index in [1.807, 2.05) is 24.3 Å². The molecule has 194 valence electrons. The Bertz CT molecular complexity index is 1160. The topological polar surface area (TPSA) is 145 Å². The predicted octanol–water partition coefficient (Wildman–Crippen LogP) is 2.19. The van der Waals surface area contributed by atoms with Crippen LogP contribution in [0.2, 0.25) is 0 Å². The molecule has 2 aromatic rings. The Hall–Kier alpha value is -3.69. The molecule has 3 rings (SSSR count). The molecule has 1 atom stereocenters. The van der Waals surface area contributed by atoms with Crippen LogP contribution in [0.15, 0.2) is 41.5 Å². The van der Waals surface area contributed by atoms with Gasteiger partial charge in [-0.05, 0) is 39.2 Å². The Balaban J connectivity index is 1.73. The first-order valence-electron chi connectivity index (χ1n) is 12.1. The molecule has 10 nitrogen and oxygen atoms in total. The number of aromatic nitrogens is 2. The molecule has 1 aromatic heterocycles. The monoisotopic (exact) mass is 497 g/mol. The molecular weight excluding hydrogens is 462 g/mol. The summed E-state index contributed by atoms with van der Waals surface area (Å²) in [5.41, 5.74) is 5.79. The van der Waals surface area contributed by atoms with Crippen LogP contribution in [0.25, 0.3) is 11.3 Å². The number of nitrogens with zero attached hydrogens (tertiary/aromatic N) is 2. The van der Waals surface area contributed by atoms with E-state index in [2.05, 4.69) is 15.6 Å². The highest BCUT2D eigenvalue weighted by molar-refractivity contribution is 5.94. The number of nitrogens with two attached hydrogens (primary N) is 1. The quantitative estimate of drug-likeness (QED) is 0.535. The Morgan fingerprint density at radius 2 is 1.78 bits per heavy atom. The Kier molecular flexibility index (Phi) is 8.17. The first-order valence-corrected chi connectivity index (χ1v) is 12.1. The van der Waals surface area contributed by atoms with Crippen molar-refractivity contribution in [3.05, 3.63) is 52.6 Å². The SMILES string of the molecule is Cn1cc(-c2ccc(C[C@H](NC(=O)C3(NC(=O)OC(C)(C)C)CCCCC3)C(N)=O)cc2)ncc1=O. The highest BCUT2D eigenvalue weighted by atomic mass is 16.6. The molecular formula is C26H35N5O5. The molecule has 1 aliphatic rings. The first-order chi connectivity index (χ1) is 16.9. The molecule has 0 unspecified atom stereocenters. The highest BCUT2D eigenvalue weighted by Gasteiger charge is 2.43. The fraction of sp³-hybridized carbons (Fsp3) is 0.500. The van der Waals surface area contributed by atoms with Crippen molar-refractivity contribution >= 4 is 17.9 Å². The number of benzene rings is 1. The number of hydrogen-bond donors (Lipinski definition) is 3. The van der Waals surface area contributed by atoms with E-state index in [4.69, 9.17) is 10.5 Å². The van der Waals surface area contributed by atoms with Gasteiger partial charge in [0.05, 0.1) is 11.9 Å². The molecule has 0 spiro atoms. The van der Waals surface area contributed by atoms with Crippen molar-refractivity contribution in [2.45, 2.75) is 76.5 Å². The molecule has 0 saturated heterocycles. The molecule has 36 heavy (non-hydrogen) atoms. The lowest BCUT2D eigenvalue weighted by atomic mass is 9.80. The number of amides is 3. The highest BCUT2D eigenvalue weighted by Crippen LogP contribution is 2.29. The molecule has 1 fully saturated rings. The van der Waals surface area contributed by atoms with Gasteiger partial charge in [-0.3, -0.25) is 14.4 Å². The lowest BCUT2D eigenvalue weighted by Crippen LogP contribution is -2.63. The summed E-state index contributed by atoms with van der Waals surface area (Å²) in [5.74, 6) is -1.11. The second kappa shape index (κ2) is 10.9. The van der Waals surface area contributed by atoms with E-state index in [0.29, 0.717) is 18.5 Å². The van der Waals surface area contributed by atoms with Crippen LogP contribution >= 0.6 is 0 Å². The minimum Gasteiger partial charge on any atom is -0.444 e. The van der Waals surface area contributed by atoms with Crippen molar-refractivity contribution < 1.29 is 19.1 Å². The summed E-state index contributed by atoms with van der Waals surface area (Å²) in [6, 6.07) is 6.33. The first kappa shape index (κ1) is 26.9. The van der Waals surface area contributed by atoms with Gasteiger partial charge in [0.15, 0.2) is 0 Å². The summed E-state index contributed by atoms with van der Waals surface area (Å²) in [6.45, 7) is 5.26. The number of rotatable bonds is 7. The van der Waals surface area contributed by atoms with Gasteiger partial charge in [0.1, 0.15) is 17.2 Å². The third kappa shape index (κ3) is 6.93. The van der Waals surface area contributed by atoms with Crippen molar-refractivity contribution in [3.8, 4) is 11.3 Å². The van der Waals surface area contributed by atoms with Crippen molar-refractivity contribution in [1.29, 1.82) is 0 Å². The number of primary amides is 1. The fourth-order valence-electron chi connectivity index (χ4n) is 4.27. The van der Waals surface area contributed by atoms with Crippen molar-refractivity contribution in [3.63, 3.8) is 0 Å². The number of alkyl carbamates (subject to hydrolysis) is 1. The van der Waals surface area contributed by atoms with E-state index in [0.717, 1.165) is 30.4 Å². The normalized spacial score (nSPS) is 16.0. The summed E-state index contributed by atoms with van der Waals surface area (Å²) in [4.78, 5) is 53.9. The van der Waals surface area contributed by atoms with Crippen LogP contribution in [-0.2, 0) is 27.8 Å². The second-order valence-electron chi connectivity index (χ2n) is 10.3. The summed E-state index contributed by atoms with van der Waals surface area (Å²) in [6.07, 6.45) is 5.81. The predicted molar refractivity (Wildman–Crippen MR) is 135 cm³/mol. The summed E-state index contributed by atoms with van der Waals surface area (Å²) in [5, 5.41) is 5.54. The van der Waals surface area contributed by atoms with Gasteiger partial charge in [0.25, 0.3) is 5.56 Å². The van der Waals surface area contributed by atoms with Gasteiger partial charge in [-0.15, -0.1) is 0 Å². The van der Waals surface area contributed by atoms with E-state index >= 15 is 0 Å². The molecule has 1 aromatic carbocycles. The van der Waals surface area contributed by atoms with E-state index in [1.165, 1.54) is 10.8 Å². The van der Waals surface area contributed by atoms with Gasteiger partial charge in [-0.25, -0.2) is 9.78 Å². The van der Waals surface area contributed by atoms with Crippen molar-refractivity contribution in [2.75, 3.05) is 0 Å². The number of ether oxygens (including phenoxy) is 1. The Labute approximate surface area is 210 Å². The van der Waals surface area contributed by atoms with Crippen molar-refractivity contribution in [2.24, 2.45) is 12.8 Å². The molecule has 10 heteroatoms. The summed E-state index contributed by atoms with van der Waals surface area (Å²) in [7, 11) is 1.65. The van der Waals surface area contributed by atoms with Crippen LogP contribution in [0.4, 0.5) is 4.79 Å². The lowest BCUT2D eigenvalue weighted by molar-refractivity contribution is -0.133. The fourth-order valence-corrected chi connectivity index (χ4v) is 4.27. The zero-order valence-corrected chi connectivity index (χ0v) is 21.3. The molecule has 0 aliphatic heterocycles. The number of aryl methyl sites for hydroxylation is 1. The third-order valence-corrected chi connectivity index (χ3v) is 6.20. The molecule has 1 heterocycles. The number of nitrogens with one attached hydrogen (secondary N) is 2. The second-order valence-corrected chi connectivity index (χ2v) is 10.3. The standard InChI is InChI=1S/C26H35N5O5/c1-25(2,3)36-24(35)30-26(12-6-5-7-13-26)23(34)29-19(22(27)33)14-17-8-10-18(11-9-17)20-16-31(4)21(32)15-28-20/h8-11,15-16,19H,5-7,12-14H2,1-4H3,(H2,27,33)(H,29,34)(H,30,35)/t19-/m0/s1. The number of carbonyl (C=O) groups is 3. The van der Waals surface area contributed by atoms with E-state index in [-0.39, 0.29) is 12.0 Å². The Morgan fingerprint density at radius 1 is 1.14 bits per heavy atom. The van der Waals surface area contributed by atoms with Gasteiger partial charge in [0.2, 0.25) is 11.8 Å². The summed E-state index contributed by atoms with van der Waals surface area (Å²) < 4.78 is 6.83. The molecule has 0 bridgehead atoms. The minimum absolute atomic E-state index is 0.185. The van der Waals surface area contributed by atoms with Crippen LogP contribution in [0.5, 0.6) is 0 Å².